The van der Waals surface area contributed by atoms with Gasteiger partial charge in [0.2, 0.25) is 5.91 Å². The molecule has 0 unspecified atom stereocenters. The van der Waals surface area contributed by atoms with Crippen LogP contribution in [0.5, 0.6) is 0 Å². The molecule has 3 aromatic rings. The zero-order chi connectivity index (χ0) is 17.8. The number of hydrogen-bond donors (Lipinski definition) is 1. The highest BCUT2D eigenvalue weighted by molar-refractivity contribution is 5.88. The van der Waals surface area contributed by atoms with Crippen LogP contribution >= 0.6 is 0 Å². The third-order valence-electron chi connectivity index (χ3n) is 4.04. The Hall–Kier alpha value is -3.02. The fourth-order valence-corrected chi connectivity index (χ4v) is 2.76. The van der Waals surface area contributed by atoms with Gasteiger partial charge in [0.15, 0.2) is 0 Å². The van der Waals surface area contributed by atoms with E-state index in [9.17, 15) is 14.0 Å². The van der Waals surface area contributed by atoms with Crippen molar-refractivity contribution in [3.8, 4) is 0 Å². The fraction of sp³-hybridized carbons (Fsp3) is 0.211. The van der Waals surface area contributed by atoms with Gasteiger partial charge in [-0.2, -0.15) is 5.10 Å². The molecule has 0 saturated heterocycles. The van der Waals surface area contributed by atoms with Gasteiger partial charge in [0.05, 0.1) is 17.5 Å². The topological polar surface area (TPSA) is 64.0 Å². The predicted molar refractivity (Wildman–Crippen MR) is 93.8 cm³/mol. The second-order valence-electron chi connectivity index (χ2n) is 5.79. The average Bonchev–Trinajstić information content (AvgIpc) is 2.61. The van der Waals surface area contributed by atoms with Gasteiger partial charge in [0.1, 0.15) is 5.82 Å². The van der Waals surface area contributed by atoms with Crippen molar-refractivity contribution >= 4 is 16.7 Å². The molecule has 0 saturated carbocycles. The molecule has 1 N–H and O–H groups in total. The minimum atomic E-state index is -0.275. The van der Waals surface area contributed by atoms with Crippen LogP contribution < -0.4 is 10.9 Å². The molecule has 3 rings (SSSR count). The van der Waals surface area contributed by atoms with Crippen molar-refractivity contribution in [2.45, 2.75) is 12.8 Å². The number of nitrogens with one attached hydrogen (secondary N) is 1. The highest BCUT2D eigenvalue weighted by Crippen LogP contribution is 2.13. The number of amides is 1. The van der Waals surface area contributed by atoms with Crippen LogP contribution in [-0.2, 0) is 24.7 Å². The first-order valence-corrected chi connectivity index (χ1v) is 8.01. The molecular weight excluding hydrogens is 321 g/mol. The van der Waals surface area contributed by atoms with Gasteiger partial charge in [-0.3, -0.25) is 9.59 Å². The minimum Gasteiger partial charge on any atom is -0.355 e. The molecule has 0 spiro atoms. The van der Waals surface area contributed by atoms with Crippen LogP contribution in [0.1, 0.15) is 11.3 Å². The SMILES string of the molecule is Cn1nc(CC(=O)NCCc2ccccc2F)c2ccccc2c1=O. The number of rotatable bonds is 5. The standard InChI is InChI=1S/C19H18FN3O2/c1-23-19(25)15-8-4-3-7-14(15)17(22-23)12-18(24)21-11-10-13-6-2-5-9-16(13)20/h2-9H,10-12H2,1H3,(H,21,24). The Balaban J connectivity index is 1.69. The fourth-order valence-electron chi connectivity index (χ4n) is 2.76. The van der Waals surface area contributed by atoms with Crippen LogP contribution in [0, 0.1) is 5.82 Å². The van der Waals surface area contributed by atoms with E-state index in [0.29, 0.717) is 35.0 Å². The van der Waals surface area contributed by atoms with E-state index < -0.39 is 0 Å². The summed E-state index contributed by atoms with van der Waals surface area (Å²) in [6.45, 7) is 0.337. The van der Waals surface area contributed by atoms with Gasteiger partial charge in [0.25, 0.3) is 5.56 Å². The molecule has 1 amide bonds. The first-order chi connectivity index (χ1) is 12.1. The van der Waals surface area contributed by atoms with Gasteiger partial charge in [-0.05, 0) is 24.1 Å². The van der Waals surface area contributed by atoms with Gasteiger partial charge in [-0.25, -0.2) is 9.07 Å². The number of halogens is 1. The van der Waals surface area contributed by atoms with Gasteiger partial charge in [-0.15, -0.1) is 0 Å². The summed E-state index contributed by atoms with van der Waals surface area (Å²) in [4.78, 5) is 24.3. The largest absolute Gasteiger partial charge is 0.355 e. The van der Waals surface area contributed by atoms with Crippen LogP contribution in [0.2, 0.25) is 0 Å². The second-order valence-corrected chi connectivity index (χ2v) is 5.79. The minimum absolute atomic E-state index is 0.0614. The molecule has 0 bridgehead atoms. The average molecular weight is 339 g/mol. The van der Waals surface area contributed by atoms with Crippen LogP contribution in [0.15, 0.2) is 53.3 Å². The molecule has 2 aromatic carbocycles. The third-order valence-corrected chi connectivity index (χ3v) is 4.04. The summed E-state index contributed by atoms with van der Waals surface area (Å²) in [6.07, 6.45) is 0.478. The number of aromatic nitrogens is 2. The molecule has 25 heavy (non-hydrogen) atoms. The summed E-state index contributed by atoms with van der Waals surface area (Å²) in [5, 5.41) is 8.19. The monoisotopic (exact) mass is 339 g/mol. The number of benzene rings is 2. The lowest BCUT2D eigenvalue weighted by Gasteiger charge is -2.09. The summed E-state index contributed by atoms with van der Waals surface area (Å²) in [6, 6.07) is 13.6. The highest BCUT2D eigenvalue weighted by Gasteiger charge is 2.12. The van der Waals surface area contributed by atoms with E-state index in [4.69, 9.17) is 0 Å². The molecular formula is C19H18FN3O2. The molecule has 6 heteroatoms. The maximum absolute atomic E-state index is 13.6. The molecule has 0 fully saturated rings. The molecule has 128 valence electrons. The van der Waals surface area contributed by atoms with E-state index >= 15 is 0 Å². The zero-order valence-electron chi connectivity index (χ0n) is 13.8. The van der Waals surface area contributed by atoms with E-state index in [1.807, 2.05) is 6.07 Å². The number of nitrogens with zero attached hydrogens (tertiary/aromatic N) is 2. The Morgan fingerprint density at radius 1 is 1.12 bits per heavy atom. The first kappa shape index (κ1) is 16.8. The van der Waals surface area contributed by atoms with Gasteiger partial charge >= 0.3 is 0 Å². The van der Waals surface area contributed by atoms with E-state index in [1.54, 1.807) is 43.4 Å². The Labute approximate surface area is 144 Å². The lowest BCUT2D eigenvalue weighted by molar-refractivity contribution is -0.120. The maximum Gasteiger partial charge on any atom is 0.274 e. The Morgan fingerprint density at radius 2 is 1.80 bits per heavy atom. The molecule has 0 radical (unpaired) electrons. The summed E-state index contributed by atoms with van der Waals surface area (Å²) < 4.78 is 14.8. The molecule has 5 nitrogen and oxygen atoms in total. The molecule has 0 atom stereocenters. The Bertz CT molecular complexity index is 982. The van der Waals surface area contributed by atoms with Gasteiger partial charge < -0.3 is 5.32 Å². The van der Waals surface area contributed by atoms with E-state index in [-0.39, 0.29) is 23.7 Å². The van der Waals surface area contributed by atoms with Crippen molar-refractivity contribution in [2.75, 3.05) is 6.54 Å². The quantitative estimate of drug-likeness (QED) is 0.773. The van der Waals surface area contributed by atoms with Crippen LogP contribution in [0.3, 0.4) is 0 Å². The van der Waals surface area contributed by atoms with Crippen molar-refractivity contribution in [1.82, 2.24) is 15.1 Å². The Morgan fingerprint density at radius 3 is 2.56 bits per heavy atom. The number of carbonyl (C=O) groups is 1. The van der Waals surface area contributed by atoms with Crippen molar-refractivity contribution < 1.29 is 9.18 Å². The number of carbonyl (C=O) groups excluding carboxylic acids is 1. The Kier molecular flexibility index (Phi) is 4.88. The highest BCUT2D eigenvalue weighted by atomic mass is 19.1. The van der Waals surface area contributed by atoms with E-state index in [0.717, 1.165) is 0 Å². The molecule has 0 aliphatic rings. The lowest BCUT2D eigenvalue weighted by atomic mass is 10.1. The normalized spacial score (nSPS) is 10.8. The molecule has 1 aromatic heterocycles. The van der Waals surface area contributed by atoms with Crippen molar-refractivity contribution in [3.05, 3.63) is 76.0 Å². The van der Waals surface area contributed by atoms with Crippen LogP contribution in [0.4, 0.5) is 4.39 Å². The number of hydrogen-bond acceptors (Lipinski definition) is 3. The smallest absolute Gasteiger partial charge is 0.274 e. The van der Waals surface area contributed by atoms with Crippen LogP contribution in [0.25, 0.3) is 10.8 Å². The van der Waals surface area contributed by atoms with Crippen molar-refractivity contribution in [3.63, 3.8) is 0 Å². The van der Waals surface area contributed by atoms with E-state index in [1.165, 1.54) is 10.7 Å². The van der Waals surface area contributed by atoms with Crippen molar-refractivity contribution in [1.29, 1.82) is 0 Å². The van der Waals surface area contributed by atoms with Gasteiger partial charge in [-0.1, -0.05) is 36.4 Å². The zero-order valence-corrected chi connectivity index (χ0v) is 13.8. The lowest BCUT2D eigenvalue weighted by Crippen LogP contribution is -2.29. The van der Waals surface area contributed by atoms with E-state index in [2.05, 4.69) is 10.4 Å². The van der Waals surface area contributed by atoms with Crippen LogP contribution in [-0.4, -0.2) is 22.2 Å². The summed E-state index contributed by atoms with van der Waals surface area (Å²) in [5.74, 6) is -0.491. The second kappa shape index (κ2) is 7.25. The molecule has 0 aliphatic carbocycles. The maximum atomic E-state index is 13.6. The first-order valence-electron chi connectivity index (χ1n) is 8.01. The summed E-state index contributed by atoms with van der Waals surface area (Å²) in [5.41, 5.74) is 0.911. The summed E-state index contributed by atoms with van der Waals surface area (Å²) >= 11 is 0. The van der Waals surface area contributed by atoms with Crippen molar-refractivity contribution in [2.24, 2.45) is 7.05 Å². The van der Waals surface area contributed by atoms with Gasteiger partial charge in [0, 0.05) is 19.0 Å². The predicted octanol–water partition coefficient (Wildman–Crippen LogP) is 1.97. The number of fused-ring (bicyclic) bond motifs is 1. The third kappa shape index (κ3) is 3.74. The molecule has 0 aliphatic heterocycles. The number of aryl methyl sites for hydroxylation is 1. The molecule has 1 heterocycles. The summed E-state index contributed by atoms with van der Waals surface area (Å²) in [7, 11) is 1.56.